The van der Waals surface area contributed by atoms with Gasteiger partial charge in [0.15, 0.2) is 0 Å². The zero-order valence-electron chi connectivity index (χ0n) is 11.7. The molecule has 0 N–H and O–H groups in total. The van der Waals surface area contributed by atoms with Crippen LogP contribution in [-0.2, 0) is 26.6 Å². The first-order valence-corrected chi connectivity index (χ1v) is 17.8. The van der Waals surface area contributed by atoms with Crippen LogP contribution in [0.1, 0.15) is 0 Å². The Kier molecular flexibility index (Phi) is 0.394. The van der Waals surface area contributed by atoms with Gasteiger partial charge in [-0.05, 0) is 0 Å². The number of sulfonamides is 2. The monoisotopic (exact) mass is 371 g/mol. The molecule has 0 aromatic rings. The number of hydrogen-bond acceptors (Lipinski definition) is 4. The maximum atomic E-state index is 12.1. The molecule has 10 rings (SSSR count). The summed E-state index contributed by atoms with van der Waals surface area (Å²) in [6.07, 6.45) is 2.14. The van der Waals surface area contributed by atoms with Gasteiger partial charge in [0, 0.05) is 0 Å². The van der Waals surface area contributed by atoms with Crippen molar-refractivity contribution >= 4 is 20.0 Å². The summed E-state index contributed by atoms with van der Waals surface area (Å²) in [4.78, 5) is 9.52. The van der Waals surface area contributed by atoms with E-state index in [2.05, 4.69) is 0 Å². The molecule has 10 aliphatic heterocycles. The van der Waals surface area contributed by atoms with Crippen LogP contribution < -0.4 is 0 Å². The summed E-state index contributed by atoms with van der Waals surface area (Å²) in [5.41, 5.74) is 0. The number of fused-ring (bicyclic) bond motifs is 10. The van der Waals surface area contributed by atoms with Gasteiger partial charge in [0.2, 0.25) is 0 Å². The predicted molar refractivity (Wildman–Crippen MR) is 72.8 cm³/mol. The van der Waals surface area contributed by atoms with E-state index >= 15 is 0 Å². The average molecular weight is 371 g/mol. The molecule has 0 aliphatic carbocycles. The number of nitrogens with zero attached hydrogens (tertiary/aromatic N) is 1. The summed E-state index contributed by atoms with van der Waals surface area (Å²) >= 11 is 0. The van der Waals surface area contributed by atoms with Gasteiger partial charge in [-0.25, -0.2) is 0 Å². The van der Waals surface area contributed by atoms with Crippen molar-refractivity contribution < 1.29 is 23.3 Å². The third-order valence-corrected chi connectivity index (χ3v) is 62.4. The van der Waals surface area contributed by atoms with E-state index in [1.165, 1.54) is 0 Å². The van der Waals surface area contributed by atoms with Gasteiger partial charge < -0.3 is 0 Å². The zero-order chi connectivity index (χ0) is 14.3. The van der Waals surface area contributed by atoms with Gasteiger partial charge in [0.25, 0.3) is 0 Å². The Morgan fingerprint density at radius 3 is 1.38 bits per heavy atom. The average Bonchev–Trinajstić information content (AvgIpc) is 3.26. The first-order chi connectivity index (χ1) is 9.38. The Hall–Kier alpha value is 0.379. The Bertz CT molecular complexity index is 1240. The fourth-order valence-corrected chi connectivity index (χ4v) is 95.5. The van der Waals surface area contributed by atoms with Crippen LogP contribution in [0.25, 0.3) is 0 Å². The number of hydrogen-bond donors (Lipinski definition) is 0. The van der Waals surface area contributed by atoms with E-state index in [1.807, 2.05) is 0 Å². The van der Waals surface area contributed by atoms with Crippen molar-refractivity contribution in [1.29, 1.82) is 0 Å². The van der Waals surface area contributed by atoms with Crippen LogP contribution in [0, 0.1) is 0 Å². The van der Waals surface area contributed by atoms with Crippen LogP contribution in [0.4, 0.5) is 0 Å². The summed E-state index contributed by atoms with van der Waals surface area (Å²) in [5, 5.41) is 0. The van der Waals surface area contributed by atoms with Gasteiger partial charge in [0.05, 0.1) is 0 Å². The standard InChI is InChI=1S/C8H12NO4S2.C5H5.Fe/c1-14(10,11)9(15(2,12)13)7-8-5-3-4-6-8;1-2-4-5-3-1;/h3-6H,7H2,1-2H3;1-5H;. The SMILES string of the molecule is CS(=O)(=O)N(C[C]12[CH]3[CH]4[CH]5[CH]1[Fe]45321678[CH]2[CH]1[CH]6[CH]7[CH]28)S(C)(=O)=O. The molecule has 10 fully saturated rings. The van der Waals surface area contributed by atoms with Crippen LogP contribution in [0.3, 0.4) is 0 Å². The summed E-state index contributed by atoms with van der Waals surface area (Å²) < 4.78 is 49.6. The van der Waals surface area contributed by atoms with Crippen LogP contribution in [0.2, 0.25) is 47.7 Å². The van der Waals surface area contributed by atoms with Crippen molar-refractivity contribution in [3.8, 4) is 0 Å². The molecule has 4 unspecified atom stereocenters. The van der Waals surface area contributed by atoms with Crippen LogP contribution in [0.5, 0.6) is 0 Å². The summed E-state index contributed by atoms with van der Waals surface area (Å²) in [6.45, 7) is -3.02. The van der Waals surface area contributed by atoms with Crippen molar-refractivity contribution in [2.75, 3.05) is 19.1 Å². The number of rotatable bonds is 4. The van der Waals surface area contributed by atoms with Crippen molar-refractivity contribution in [3.05, 3.63) is 0 Å². The topological polar surface area (TPSA) is 71.5 Å². The molecule has 0 amide bonds. The quantitative estimate of drug-likeness (QED) is 0.709. The molecule has 0 aromatic heterocycles. The molecular weight excluding hydrogens is 354 g/mol. The van der Waals surface area contributed by atoms with E-state index in [-0.39, 0.29) is 0 Å². The van der Waals surface area contributed by atoms with E-state index in [9.17, 15) is 16.8 Å². The van der Waals surface area contributed by atoms with Gasteiger partial charge in [0.1, 0.15) is 0 Å². The molecule has 118 valence electrons. The molecule has 0 saturated carbocycles. The van der Waals surface area contributed by atoms with E-state index in [4.69, 9.17) is 0 Å². The Morgan fingerprint density at radius 2 is 1.19 bits per heavy atom. The van der Waals surface area contributed by atoms with Gasteiger partial charge in [-0.1, -0.05) is 0 Å². The third kappa shape index (κ3) is 0.130. The van der Waals surface area contributed by atoms with Gasteiger partial charge in [-0.15, -0.1) is 0 Å². The van der Waals surface area contributed by atoms with Crippen LogP contribution in [0.15, 0.2) is 0 Å². The van der Waals surface area contributed by atoms with Crippen molar-refractivity contribution in [1.82, 2.24) is 3.71 Å². The molecule has 4 atom stereocenters. The fraction of sp³-hybridized carbons (Fsp3) is 1.00. The Labute approximate surface area is 113 Å². The second-order valence-corrected chi connectivity index (χ2v) is 39.5. The zero-order valence-corrected chi connectivity index (χ0v) is 14.4. The maximum absolute atomic E-state index is 12.1. The molecule has 0 aromatic carbocycles. The van der Waals surface area contributed by atoms with Crippen molar-refractivity contribution in [3.63, 3.8) is 0 Å². The third-order valence-electron chi connectivity index (χ3n) is 16.1. The minimum absolute atomic E-state index is 0.297. The molecule has 10 aliphatic rings. The van der Waals surface area contributed by atoms with Gasteiger partial charge in [-0.3, -0.25) is 0 Å². The Morgan fingerprint density at radius 1 is 0.810 bits per heavy atom. The van der Waals surface area contributed by atoms with Gasteiger partial charge in [-0.2, -0.15) is 0 Å². The molecule has 10 saturated heterocycles. The van der Waals surface area contributed by atoms with E-state index < -0.39 is 26.6 Å². The minimum atomic E-state index is -3.67. The molecular formula is C13H17FeNO4S2. The first-order valence-electron chi connectivity index (χ1n) is 7.78. The molecule has 5 nitrogen and oxygen atoms in total. The molecule has 0 bridgehead atoms. The molecule has 1 spiro atoms. The van der Waals surface area contributed by atoms with Crippen LogP contribution >= 0.6 is 0 Å². The first kappa shape index (κ1) is 9.62. The second-order valence-electron chi connectivity index (χ2n) is 11.8. The summed E-state index contributed by atoms with van der Waals surface area (Å²) in [6, 6.07) is 0. The summed E-state index contributed by atoms with van der Waals surface area (Å²) in [5.74, 6) is 0. The molecule has 21 heavy (non-hydrogen) atoms. The normalized spacial score (nSPS) is 101. The van der Waals surface area contributed by atoms with E-state index in [0.717, 1.165) is 59.6 Å². The second kappa shape index (κ2) is 0.859. The molecule has 0 radical (unpaired) electrons. The van der Waals surface area contributed by atoms with Crippen molar-refractivity contribution in [2.45, 2.75) is 47.7 Å². The Balaban J connectivity index is 1.35. The van der Waals surface area contributed by atoms with Crippen molar-refractivity contribution in [2.24, 2.45) is 0 Å². The van der Waals surface area contributed by atoms with E-state index in [0.29, 0.717) is 10.9 Å². The molecule has 10 heterocycles. The molecule has 8 heteroatoms. The fourth-order valence-electron chi connectivity index (χ4n) is 17.8. The van der Waals surface area contributed by atoms with E-state index in [1.54, 1.807) is 0 Å². The van der Waals surface area contributed by atoms with Gasteiger partial charge >= 0.3 is 114 Å². The van der Waals surface area contributed by atoms with Crippen LogP contribution in [-0.4, -0.2) is 39.6 Å². The predicted octanol–water partition coefficient (Wildman–Crippen LogP) is 1.97. The summed E-state index contributed by atoms with van der Waals surface area (Å²) in [7, 11) is -7.34.